The summed E-state index contributed by atoms with van der Waals surface area (Å²) in [6, 6.07) is 0. The number of esters is 1. The molecule has 0 bridgehead atoms. The van der Waals surface area contributed by atoms with Gasteiger partial charge in [0, 0.05) is 6.61 Å². The Bertz CT molecular complexity index is 475. The molecule has 0 radical (unpaired) electrons. The maximum absolute atomic E-state index is 12.3. The van der Waals surface area contributed by atoms with Crippen molar-refractivity contribution in [2.45, 2.75) is 39.7 Å². The molecule has 0 aliphatic rings. The second-order valence-corrected chi connectivity index (χ2v) is 8.52. The summed E-state index contributed by atoms with van der Waals surface area (Å²) in [5, 5.41) is 0. The zero-order chi connectivity index (χ0) is 17.4. The second kappa shape index (κ2) is 9.55. The molecule has 22 heavy (non-hydrogen) atoms. The summed E-state index contributed by atoms with van der Waals surface area (Å²) in [6.07, 6.45) is 0.605. The average Bonchev–Trinajstić information content (AvgIpc) is 2.35. The van der Waals surface area contributed by atoms with E-state index in [4.69, 9.17) is 9.47 Å². The largest absolute Gasteiger partial charge is 0.464 e. The van der Waals surface area contributed by atoms with Gasteiger partial charge in [-0.15, -0.1) is 0 Å². The standard InChI is InChI=1S/C13H26O7PS/c1-6-18-12(14)13(19-7-2,8-11(3)4)9-21(15)10-20-22(5,16)17/h11H,6-10H2,1-5H3/q+1. The molecule has 130 valence electrons. The number of ether oxygens (including phenoxy) is 2. The minimum absolute atomic E-state index is 0.107. The molecule has 0 N–H and O–H groups in total. The van der Waals surface area contributed by atoms with Crippen molar-refractivity contribution in [2.24, 2.45) is 5.92 Å². The number of carbonyl (C=O) groups is 1. The first-order valence-electron chi connectivity index (χ1n) is 7.14. The zero-order valence-corrected chi connectivity index (χ0v) is 15.5. The van der Waals surface area contributed by atoms with Crippen LogP contribution in [0.5, 0.6) is 0 Å². The monoisotopic (exact) mass is 357 g/mol. The summed E-state index contributed by atoms with van der Waals surface area (Å²) in [5.74, 6) is -0.469. The van der Waals surface area contributed by atoms with Gasteiger partial charge < -0.3 is 9.47 Å². The molecule has 0 saturated heterocycles. The maximum atomic E-state index is 12.3. The summed E-state index contributed by atoms with van der Waals surface area (Å²) >= 11 is 0. The first kappa shape index (κ1) is 21.4. The van der Waals surface area contributed by atoms with Crippen LogP contribution in [0.2, 0.25) is 0 Å². The molecule has 7 nitrogen and oxygen atoms in total. The van der Waals surface area contributed by atoms with Crippen molar-refractivity contribution in [3.8, 4) is 0 Å². The lowest BCUT2D eigenvalue weighted by Gasteiger charge is -2.29. The highest BCUT2D eigenvalue weighted by Crippen LogP contribution is 2.34. The van der Waals surface area contributed by atoms with Crippen LogP contribution in [0.25, 0.3) is 0 Å². The van der Waals surface area contributed by atoms with Gasteiger partial charge in [0.05, 0.1) is 12.9 Å². The molecule has 0 aromatic heterocycles. The molecule has 0 rings (SSSR count). The summed E-state index contributed by atoms with van der Waals surface area (Å²) in [6.45, 7) is 7.66. The Morgan fingerprint density at radius 3 is 2.23 bits per heavy atom. The smallest absolute Gasteiger partial charge is 0.371 e. The minimum Gasteiger partial charge on any atom is -0.464 e. The van der Waals surface area contributed by atoms with Gasteiger partial charge in [-0.1, -0.05) is 18.4 Å². The molecular formula is C13H26O7PS+. The Balaban J connectivity index is 5.18. The van der Waals surface area contributed by atoms with Crippen molar-refractivity contribution >= 4 is 23.9 Å². The fourth-order valence-corrected chi connectivity index (χ4v) is 4.31. The van der Waals surface area contributed by atoms with Crippen molar-refractivity contribution in [2.75, 3.05) is 32.0 Å². The lowest BCUT2D eigenvalue weighted by Crippen LogP contribution is -2.47. The molecule has 2 unspecified atom stereocenters. The fourth-order valence-electron chi connectivity index (χ4n) is 2.06. The third-order valence-corrected chi connectivity index (χ3v) is 4.65. The minimum atomic E-state index is -3.68. The molecule has 0 aliphatic carbocycles. The van der Waals surface area contributed by atoms with Gasteiger partial charge in [-0.3, -0.25) is 0 Å². The molecule has 0 spiro atoms. The van der Waals surface area contributed by atoms with E-state index in [-0.39, 0.29) is 25.3 Å². The average molecular weight is 357 g/mol. The third-order valence-electron chi connectivity index (χ3n) is 2.65. The third kappa shape index (κ3) is 8.17. The normalized spacial score (nSPS) is 15.5. The highest BCUT2D eigenvalue weighted by atomic mass is 32.2. The highest BCUT2D eigenvalue weighted by Gasteiger charge is 2.48. The molecule has 0 heterocycles. The van der Waals surface area contributed by atoms with E-state index in [1.807, 2.05) is 13.8 Å². The van der Waals surface area contributed by atoms with Crippen LogP contribution >= 0.6 is 7.80 Å². The highest BCUT2D eigenvalue weighted by molar-refractivity contribution is 7.86. The zero-order valence-electron chi connectivity index (χ0n) is 13.8. The van der Waals surface area contributed by atoms with Crippen LogP contribution in [-0.4, -0.2) is 52.0 Å². The predicted molar refractivity (Wildman–Crippen MR) is 83.7 cm³/mol. The topological polar surface area (TPSA) is 96.0 Å². The Morgan fingerprint density at radius 2 is 1.82 bits per heavy atom. The summed E-state index contributed by atoms with van der Waals surface area (Å²) in [5.41, 5.74) is -1.34. The Labute approximate surface area is 133 Å². The van der Waals surface area contributed by atoms with Crippen LogP contribution in [0.1, 0.15) is 34.1 Å². The van der Waals surface area contributed by atoms with Crippen LogP contribution in [-0.2, 0) is 33.1 Å². The van der Waals surface area contributed by atoms with Crippen LogP contribution in [0, 0.1) is 5.92 Å². The quantitative estimate of drug-likeness (QED) is 0.317. The number of carbonyl (C=O) groups excluding carboxylic acids is 1. The fraction of sp³-hybridized carbons (Fsp3) is 0.923. The molecule has 2 atom stereocenters. The molecule has 0 aromatic carbocycles. The number of rotatable bonds is 11. The molecule has 9 heteroatoms. The van der Waals surface area contributed by atoms with E-state index in [2.05, 4.69) is 4.18 Å². The lowest BCUT2D eigenvalue weighted by molar-refractivity contribution is -0.171. The van der Waals surface area contributed by atoms with Gasteiger partial charge in [-0.25, -0.2) is 8.98 Å². The van der Waals surface area contributed by atoms with Gasteiger partial charge in [-0.05, 0) is 26.2 Å². The van der Waals surface area contributed by atoms with E-state index < -0.39 is 35.8 Å². The van der Waals surface area contributed by atoms with Crippen molar-refractivity contribution in [1.29, 1.82) is 0 Å². The van der Waals surface area contributed by atoms with Gasteiger partial charge in [0.1, 0.15) is 0 Å². The van der Waals surface area contributed by atoms with Gasteiger partial charge in [-0.2, -0.15) is 8.42 Å². The van der Waals surface area contributed by atoms with E-state index in [0.717, 1.165) is 6.26 Å². The van der Waals surface area contributed by atoms with Crippen molar-refractivity contribution in [3.63, 3.8) is 0 Å². The first-order valence-corrected chi connectivity index (χ1v) is 10.6. The van der Waals surface area contributed by atoms with E-state index in [1.165, 1.54) is 0 Å². The number of hydrogen-bond acceptors (Lipinski definition) is 7. The molecular weight excluding hydrogens is 331 g/mol. The first-order chi connectivity index (χ1) is 10.1. The molecule has 0 amide bonds. The van der Waals surface area contributed by atoms with E-state index in [9.17, 15) is 17.8 Å². The second-order valence-electron chi connectivity index (χ2n) is 5.34. The molecule has 0 saturated carbocycles. The van der Waals surface area contributed by atoms with E-state index in [0.29, 0.717) is 6.42 Å². The van der Waals surface area contributed by atoms with Crippen LogP contribution in [0.4, 0.5) is 0 Å². The summed E-state index contributed by atoms with van der Waals surface area (Å²) in [7, 11) is -5.78. The van der Waals surface area contributed by atoms with Gasteiger partial charge >= 0.3 is 13.8 Å². The van der Waals surface area contributed by atoms with Gasteiger partial charge in [0.15, 0.2) is 6.16 Å². The Hall–Kier alpha value is -0.560. The van der Waals surface area contributed by atoms with Crippen LogP contribution in [0.3, 0.4) is 0 Å². The SMILES string of the molecule is CCOC(=O)C(CC(C)C)(C[P+](=O)COS(C)(=O)=O)OCC. The van der Waals surface area contributed by atoms with E-state index >= 15 is 0 Å². The molecule has 0 fully saturated rings. The van der Waals surface area contributed by atoms with Gasteiger partial charge in [0.2, 0.25) is 5.60 Å². The Morgan fingerprint density at radius 1 is 1.23 bits per heavy atom. The lowest BCUT2D eigenvalue weighted by atomic mass is 9.94. The summed E-state index contributed by atoms with van der Waals surface area (Å²) in [4.78, 5) is 12.3. The Kier molecular flexibility index (Phi) is 9.31. The van der Waals surface area contributed by atoms with Crippen molar-refractivity contribution < 1.29 is 31.4 Å². The van der Waals surface area contributed by atoms with Crippen molar-refractivity contribution in [3.05, 3.63) is 0 Å². The molecule has 0 aliphatic heterocycles. The maximum Gasteiger partial charge on any atom is 0.371 e. The molecule has 0 aromatic rings. The summed E-state index contributed by atoms with van der Waals surface area (Å²) < 4.78 is 49.3. The van der Waals surface area contributed by atoms with E-state index in [1.54, 1.807) is 13.8 Å². The van der Waals surface area contributed by atoms with Crippen molar-refractivity contribution in [1.82, 2.24) is 0 Å². The number of hydrogen-bond donors (Lipinski definition) is 0. The van der Waals surface area contributed by atoms with Crippen LogP contribution in [0.15, 0.2) is 0 Å². The van der Waals surface area contributed by atoms with Crippen LogP contribution < -0.4 is 0 Å². The van der Waals surface area contributed by atoms with Gasteiger partial charge in [0.25, 0.3) is 16.5 Å². The predicted octanol–water partition coefficient (Wildman–Crippen LogP) is 2.13.